The van der Waals surface area contributed by atoms with Crippen molar-refractivity contribution in [1.82, 2.24) is 0 Å². The standard InChI is InChI=1S/C70H48N2O/c1-5-19-49(20-6-1)52-33-35-57(36-34-52)62-29-16-18-32-66(62)72(59-44-39-54(40-45-59)51-23-9-3-10-24-51)67-47-60(48-68-69(67)64-46-41-56-27-13-14-30-63(56)70(64)73-68)71(58-42-37-53(38-43-58)50-21-7-2-8-22-50)65-31-17-15-28-61(65)55-25-11-4-12-26-55/h1-48H. The van der Waals surface area contributed by atoms with Crippen LogP contribution in [0.1, 0.15) is 0 Å². The van der Waals surface area contributed by atoms with Gasteiger partial charge in [0.25, 0.3) is 0 Å². The third-order valence-electron chi connectivity index (χ3n) is 14.1. The molecule has 0 saturated heterocycles. The summed E-state index contributed by atoms with van der Waals surface area (Å²) in [6, 6.07) is 105. The zero-order valence-electron chi connectivity index (χ0n) is 40.0. The summed E-state index contributed by atoms with van der Waals surface area (Å²) in [7, 11) is 0. The summed E-state index contributed by atoms with van der Waals surface area (Å²) in [5.74, 6) is 0. The lowest BCUT2D eigenvalue weighted by atomic mass is 9.97. The number of hydrogen-bond donors (Lipinski definition) is 0. The molecule has 13 aromatic rings. The SMILES string of the molecule is c1ccc(-c2ccc(-c3ccccc3N(c3ccc(-c4ccccc4)cc3)c3cc(N(c4ccc(-c5ccccc5)cc4)c4ccccc4-c4ccccc4)cc4oc5c6ccccc6ccc5c34)cc2)cc1. The Morgan fingerprint density at radius 1 is 0.247 bits per heavy atom. The highest BCUT2D eigenvalue weighted by molar-refractivity contribution is 6.21. The number of benzene rings is 12. The molecule has 0 unspecified atom stereocenters. The van der Waals surface area contributed by atoms with E-state index in [0.717, 1.165) is 100 Å². The van der Waals surface area contributed by atoms with Crippen LogP contribution in [0.2, 0.25) is 0 Å². The lowest BCUT2D eigenvalue weighted by Gasteiger charge is -2.32. The Morgan fingerprint density at radius 2 is 0.644 bits per heavy atom. The van der Waals surface area contributed by atoms with Gasteiger partial charge in [0.05, 0.1) is 28.1 Å². The average Bonchev–Trinajstić information content (AvgIpc) is 3.86. The molecular formula is C70H48N2O. The molecule has 0 aliphatic heterocycles. The van der Waals surface area contributed by atoms with Gasteiger partial charge in [0.1, 0.15) is 11.2 Å². The highest BCUT2D eigenvalue weighted by atomic mass is 16.3. The van der Waals surface area contributed by atoms with Crippen LogP contribution in [0.5, 0.6) is 0 Å². The summed E-state index contributed by atoms with van der Waals surface area (Å²) in [5, 5.41) is 4.28. The van der Waals surface area contributed by atoms with Gasteiger partial charge in [-0.15, -0.1) is 0 Å². The predicted octanol–water partition coefficient (Wildman–Crippen LogP) is 20.0. The van der Waals surface area contributed by atoms with Crippen LogP contribution in [0.4, 0.5) is 34.1 Å². The maximum Gasteiger partial charge on any atom is 0.143 e. The molecule has 13 rings (SSSR count). The van der Waals surface area contributed by atoms with Crippen molar-refractivity contribution < 1.29 is 4.42 Å². The molecule has 0 N–H and O–H groups in total. The Balaban J connectivity index is 1.09. The topological polar surface area (TPSA) is 19.6 Å². The molecule has 0 radical (unpaired) electrons. The van der Waals surface area contributed by atoms with E-state index in [1.54, 1.807) is 0 Å². The van der Waals surface area contributed by atoms with Crippen molar-refractivity contribution in [3.05, 3.63) is 291 Å². The number of para-hydroxylation sites is 2. The number of nitrogens with zero attached hydrogens (tertiary/aromatic N) is 2. The fourth-order valence-corrected chi connectivity index (χ4v) is 10.5. The summed E-state index contributed by atoms with van der Waals surface area (Å²) in [5.41, 5.74) is 19.2. The molecule has 0 aliphatic carbocycles. The predicted molar refractivity (Wildman–Crippen MR) is 308 cm³/mol. The van der Waals surface area contributed by atoms with Crippen molar-refractivity contribution >= 4 is 66.8 Å². The average molecular weight is 933 g/mol. The van der Waals surface area contributed by atoms with E-state index < -0.39 is 0 Å². The summed E-state index contributed by atoms with van der Waals surface area (Å²) in [6.07, 6.45) is 0. The molecule has 1 aromatic heterocycles. The monoisotopic (exact) mass is 932 g/mol. The van der Waals surface area contributed by atoms with Crippen molar-refractivity contribution in [2.24, 2.45) is 0 Å². The third-order valence-corrected chi connectivity index (χ3v) is 14.1. The van der Waals surface area contributed by atoms with Gasteiger partial charge in [-0.3, -0.25) is 0 Å². The Bertz CT molecular complexity index is 4040. The van der Waals surface area contributed by atoms with E-state index in [4.69, 9.17) is 4.42 Å². The van der Waals surface area contributed by atoms with Crippen molar-refractivity contribution in [2.75, 3.05) is 9.80 Å². The fraction of sp³-hybridized carbons (Fsp3) is 0. The number of fused-ring (bicyclic) bond motifs is 5. The van der Waals surface area contributed by atoms with Crippen LogP contribution in [0.15, 0.2) is 296 Å². The second kappa shape index (κ2) is 18.9. The maximum atomic E-state index is 7.28. The normalized spacial score (nSPS) is 11.3. The molecule has 3 heteroatoms. The molecule has 0 fully saturated rings. The highest BCUT2D eigenvalue weighted by Gasteiger charge is 2.27. The highest BCUT2D eigenvalue weighted by Crippen LogP contribution is 2.51. The first-order valence-corrected chi connectivity index (χ1v) is 24.9. The molecule has 344 valence electrons. The molecule has 0 atom stereocenters. The first-order chi connectivity index (χ1) is 36.2. The van der Waals surface area contributed by atoms with Crippen LogP contribution in [0, 0.1) is 0 Å². The summed E-state index contributed by atoms with van der Waals surface area (Å²) < 4.78 is 7.28. The van der Waals surface area contributed by atoms with Crippen molar-refractivity contribution in [2.45, 2.75) is 0 Å². The molecule has 0 spiro atoms. The number of anilines is 6. The first kappa shape index (κ1) is 43.3. The van der Waals surface area contributed by atoms with E-state index in [9.17, 15) is 0 Å². The first-order valence-electron chi connectivity index (χ1n) is 24.9. The molecule has 0 aliphatic rings. The summed E-state index contributed by atoms with van der Waals surface area (Å²) in [4.78, 5) is 4.85. The summed E-state index contributed by atoms with van der Waals surface area (Å²) >= 11 is 0. The summed E-state index contributed by atoms with van der Waals surface area (Å²) in [6.45, 7) is 0. The Hall–Kier alpha value is -9.70. The second-order valence-electron chi connectivity index (χ2n) is 18.4. The third kappa shape index (κ3) is 8.19. The molecule has 1 heterocycles. The van der Waals surface area contributed by atoms with Gasteiger partial charge < -0.3 is 14.2 Å². The molecule has 73 heavy (non-hydrogen) atoms. The van der Waals surface area contributed by atoms with Gasteiger partial charge in [-0.05, 0) is 98.4 Å². The van der Waals surface area contributed by atoms with Gasteiger partial charge >= 0.3 is 0 Å². The Kier molecular flexibility index (Phi) is 11.2. The Morgan fingerprint density at radius 3 is 1.19 bits per heavy atom. The van der Waals surface area contributed by atoms with Crippen molar-refractivity contribution in [1.29, 1.82) is 0 Å². The molecule has 0 bridgehead atoms. The van der Waals surface area contributed by atoms with Crippen LogP contribution < -0.4 is 9.80 Å². The van der Waals surface area contributed by atoms with Gasteiger partial charge in [0.2, 0.25) is 0 Å². The molecular weight excluding hydrogens is 885 g/mol. The van der Waals surface area contributed by atoms with E-state index in [0.29, 0.717) is 0 Å². The zero-order chi connectivity index (χ0) is 48.5. The van der Waals surface area contributed by atoms with Crippen LogP contribution >= 0.6 is 0 Å². The second-order valence-corrected chi connectivity index (χ2v) is 18.4. The van der Waals surface area contributed by atoms with E-state index >= 15 is 0 Å². The van der Waals surface area contributed by atoms with Gasteiger partial charge in [-0.2, -0.15) is 0 Å². The molecule has 0 amide bonds. The van der Waals surface area contributed by atoms with Gasteiger partial charge in [-0.1, -0.05) is 237 Å². The van der Waals surface area contributed by atoms with Gasteiger partial charge in [0, 0.05) is 39.3 Å². The van der Waals surface area contributed by atoms with E-state index in [1.807, 2.05) is 0 Å². The van der Waals surface area contributed by atoms with Crippen LogP contribution in [-0.4, -0.2) is 0 Å². The Labute approximate surface area is 425 Å². The minimum absolute atomic E-state index is 0.789. The minimum Gasteiger partial charge on any atom is -0.455 e. The van der Waals surface area contributed by atoms with Crippen LogP contribution in [-0.2, 0) is 0 Å². The number of rotatable bonds is 11. The number of hydrogen-bond acceptors (Lipinski definition) is 3. The molecule has 3 nitrogen and oxygen atoms in total. The number of furan rings is 1. The van der Waals surface area contributed by atoms with E-state index in [-0.39, 0.29) is 0 Å². The van der Waals surface area contributed by atoms with Crippen molar-refractivity contribution in [3.8, 4) is 55.6 Å². The lowest BCUT2D eigenvalue weighted by Crippen LogP contribution is -2.15. The smallest absolute Gasteiger partial charge is 0.143 e. The van der Waals surface area contributed by atoms with E-state index in [2.05, 4.69) is 301 Å². The zero-order valence-corrected chi connectivity index (χ0v) is 40.0. The van der Waals surface area contributed by atoms with Gasteiger partial charge in [0.15, 0.2) is 0 Å². The quantitative estimate of drug-likeness (QED) is 0.129. The van der Waals surface area contributed by atoms with Crippen LogP contribution in [0.3, 0.4) is 0 Å². The molecule has 12 aromatic carbocycles. The van der Waals surface area contributed by atoms with Crippen LogP contribution in [0.25, 0.3) is 88.3 Å². The minimum atomic E-state index is 0.789. The van der Waals surface area contributed by atoms with Crippen molar-refractivity contribution in [3.63, 3.8) is 0 Å². The maximum absolute atomic E-state index is 7.28. The fourth-order valence-electron chi connectivity index (χ4n) is 10.5. The lowest BCUT2D eigenvalue weighted by molar-refractivity contribution is 0.673. The van der Waals surface area contributed by atoms with Gasteiger partial charge in [-0.25, -0.2) is 0 Å². The molecule has 0 saturated carbocycles. The largest absolute Gasteiger partial charge is 0.455 e. The van der Waals surface area contributed by atoms with E-state index in [1.165, 1.54) is 22.3 Å².